The van der Waals surface area contributed by atoms with Gasteiger partial charge in [0.05, 0.1) is 0 Å². The molecular formula is C11H23NOS. The summed E-state index contributed by atoms with van der Waals surface area (Å²) in [6, 6.07) is 0. The third-order valence-corrected chi connectivity index (χ3v) is 5.24. The van der Waals surface area contributed by atoms with Crippen LogP contribution in [0.2, 0.25) is 0 Å². The molecule has 2 nitrogen and oxygen atoms in total. The van der Waals surface area contributed by atoms with E-state index >= 15 is 0 Å². The average molecular weight is 217 g/mol. The van der Waals surface area contributed by atoms with Gasteiger partial charge in [0.1, 0.15) is 0 Å². The van der Waals surface area contributed by atoms with Gasteiger partial charge >= 0.3 is 0 Å². The van der Waals surface area contributed by atoms with Gasteiger partial charge < -0.3 is 5.73 Å². The van der Waals surface area contributed by atoms with Crippen LogP contribution in [0.3, 0.4) is 0 Å². The lowest BCUT2D eigenvalue weighted by Gasteiger charge is -2.22. The van der Waals surface area contributed by atoms with E-state index in [1.807, 2.05) is 0 Å². The van der Waals surface area contributed by atoms with Crippen LogP contribution in [0, 0.1) is 5.92 Å². The minimum Gasteiger partial charge on any atom is -0.330 e. The predicted octanol–water partition coefficient (Wildman–Crippen LogP) is 2.05. The summed E-state index contributed by atoms with van der Waals surface area (Å²) in [6.07, 6.45) is 7.18. The second kappa shape index (κ2) is 6.57. The van der Waals surface area contributed by atoms with Crippen molar-refractivity contribution in [2.45, 2.75) is 50.7 Å². The van der Waals surface area contributed by atoms with Crippen molar-refractivity contribution in [2.24, 2.45) is 11.7 Å². The Bertz CT molecular complexity index is 184. The Morgan fingerprint density at radius 1 is 1.29 bits per heavy atom. The van der Waals surface area contributed by atoms with Crippen molar-refractivity contribution in [3.63, 3.8) is 0 Å². The summed E-state index contributed by atoms with van der Waals surface area (Å²) >= 11 is 0. The summed E-state index contributed by atoms with van der Waals surface area (Å²) in [7, 11) is -0.628. The highest BCUT2D eigenvalue weighted by Crippen LogP contribution is 2.26. The number of rotatable bonds is 4. The number of nitrogens with two attached hydrogens (primary N) is 1. The molecule has 0 aromatic carbocycles. The molecule has 3 atom stereocenters. The quantitative estimate of drug-likeness (QED) is 0.732. The van der Waals surface area contributed by atoms with E-state index in [-0.39, 0.29) is 0 Å². The Labute approximate surface area is 90.1 Å². The van der Waals surface area contributed by atoms with Gasteiger partial charge in [-0.1, -0.05) is 26.2 Å². The van der Waals surface area contributed by atoms with Crippen molar-refractivity contribution in [3.8, 4) is 0 Å². The van der Waals surface area contributed by atoms with E-state index in [0.29, 0.717) is 11.2 Å². The average Bonchev–Trinajstić information content (AvgIpc) is 2.42. The zero-order chi connectivity index (χ0) is 10.4. The molecule has 0 bridgehead atoms. The second-order valence-electron chi connectivity index (χ2n) is 4.26. The lowest BCUT2D eigenvalue weighted by Crippen LogP contribution is -2.31. The molecular weight excluding hydrogens is 194 g/mol. The van der Waals surface area contributed by atoms with E-state index in [4.69, 9.17) is 5.73 Å². The van der Waals surface area contributed by atoms with Gasteiger partial charge in [-0.3, -0.25) is 4.21 Å². The molecule has 14 heavy (non-hydrogen) atoms. The molecule has 84 valence electrons. The Morgan fingerprint density at radius 2 is 2.00 bits per heavy atom. The number of hydrogen-bond donors (Lipinski definition) is 1. The Morgan fingerprint density at radius 3 is 2.64 bits per heavy atom. The van der Waals surface area contributed by atoms with Crippen LogP contribution in [0.25, 0.3) is 0 Å². The molecule has 1 rings (SSSR count). The van der Waals surface area contributed by atoms with Crippen molar-refractivity contribution >= 4 is 10.8 Å². The molecule has 1 aliphatic rings. The molecule has 0 saturated heterocycles. The lowest BCUT2D eigenvalue weighted by molar-refractivity contribution is 0.473. The van der Waals surface area contributed by atoms with Crippen molar-refractivity contribution in [3.05, 3.63) is 0 Å². The summed E-state index contributed by atoms with van der Waals surface area (Å²) in [5.41, 5.74) is 5.76. The molecule has 0 spiro atoms. The summed E-state index contributed by atoms with van der Waals surface area (Å²) in [6.45, 7) is 2.83. The van der Waals surface area contributed by atoms with E-state index in [1.165, 1.54) is 25.7 Å². The topological polar surface area (TPSA) is 43.1 Å². The molecule has 1 aliphatic carbocycles. The SMILES string of the molecule is CCCS(=O)C1CCCCCC1CN. The molecule has 0 aliphatic heterocycles. The molecule has 0 heterocycles. The number of hydrogen-bond acceptors (Lipinski definition) is 2. The summed E-state index contributed by atoms with van der Waals surface area (Å²) in [5.74, 6) is 1.38. The highest BCUT2D eigenvalue weighted by molar-refractivity contribution is 7.85. The van der Waals surface area contributed by atoms with E-state index in [1.54, 1.807) is 0 Å². The van der Waals surface area contributed by atoms with Crippen LogP contribution in [0.4, 0.5) is 0 Å². The highest BCUT2D eigenvalue weighted by Gasteiger charge is 2.26. The van der Waals surface area contributed by atoms with Crippen LogP contribution < -0.4 is 5.73 Å². The van der Waals surface area contributed by atoms with Crippen LogP contribution in [-0.4, -0.2) is 21.8 Å². The van der Waals surface area contributed by atoms with Gasteiger partial charge in [-0.2, -0.15) is 0 Å². The molecule has 0 radical (unpaired) electrons. The van der Waals surface area contributed by atoms with Crippen molar-refractivity contribution in [1.82, 2.24) is 0 Å². The van der Waals surface area contributed by atoms with E-state index in [2.05, 4.69) is 6.92 Å². The fraction of sp³-hybridized carbons (Fsp3) is 1.00. The molecule has 0 aromatic heterocycles. The molecule has 0 aromatic rings. The smallest absolute Gasteiger partial charge is 0.0388 e. The minimum atomic E-state index is -0.628. The van der Waals surface area contributed by atoms with Crippen LogP contribution in [0.15, 0.2) is 0 Å². The van der Waals surface area contributed by atoms with Gasteiger partial charge in [-0.15, -0.1) is 0 Å². The Hall–Kier alpha value is 0.110. The molecule has 0 amide bonds. The monoisotopic (exact) mass is 217 g/mol. The molecule has 3 unspecified atom stereocenters. The minimum absolute atomic E-state index is 0.391. The maximum atomic E-state index is 12.0. The molecule has 1 fully saturated rings. The molecule has 1 saturated carbocycles. The zero-order valence-corrected chi connectivity index (χ0v) is 10.0. The van der Waals surface area contributed by atoms with Gasteiger partial charge in [0.2, 0.25) is 0 Å². The lowest BCUT2D eigenvalue weighted by atomic mass is 10.0. The van der Waals surface area contributed by atoms with E-state index in [0.717, 1.165) is 25.1 Å². The Kier molecular flexibility index (Phi) is 5.71. The first-order chi connectivity index (χ1) is 6.79. The fourth-order valence-electron chi connectivity index (χ4n) is 2.32. The normalized spacial score (nSPS) is 31.0. The second-order valence-corrected chi connectivity index (χ2v) is 6.03. The van der Waals surface area contributed by atoms with Gasteiger partial charge in [0.15, 0.2) is 0 Å². The predicted molar refractivity (Wildman–Crippen MR) is 62.7 cm³/mol. The molecule has 3 heteroatoms. The van der Waals surface area contributed by atoms with Crippen LogP contribution >= 0.6 is 0 Å². The van der Waals surface area contributed by atoms with Gasteiger partial charge in [0, 0.05) is 21.8 Å². The van der Waals surface area contributed by atoms with Gasteiger partial charge in [0.25, 0.3) is 0 Å². The third kappa shape index (κ3) is 3.35. The van der Waals surface area contributed by atoms with Crippen LogP contribution in [-0.2, 0) is 10.8 Å². The highest BCUT2D eigenvalue weighted by atomic mass is 32.2. The van der Waals surface area contributed by atoms with E-state index < -0.39 is 10.8 Å². The largest absolute Gasteiger partial charge is 0.330 e. The maximum absolute atomic E-state index is 12.0. The Balaban J connectivity index is 2.55. The summed E-state index contributed by atoms with van der Waals surface area (Å²) in [5, 5.41) is 0.391. The molecule has 2 N–H and O–H groups in total. The van der Waals surface area contributed by atoms with Crippen LogP contribution in [0.5, 0.6) is 0 Å². The first-order valence-corrected chi connectivity index (χ1v) is 7.25. The summed E-state index contributed by atoms with van der Waals surface area (Å²) < 4.78 is 12.0. The van der Waals surface area contributed by atoms with Crippen LogP contribution in [0.1, 0.15) is 45.4 Å². The first kappa shape index (κ1) is 12.2. The zero-order valence-electron chi connectivity index (χ0n) is 9.21. The van der Waals surface area contributed by atoms with Crippen molar-refractivity contribution < 1.29 is 4.21 Å². The van der Waals surface area contributed by atoms with Gasteiger partial charge in [-0.25, -0.2) is 0 Å². The third-order valence-electron chi connectivity index (χ3n) is 3.14. The standard InChI is InChI=1S/C11H23NOS/c1-2-8-14(13)11-7-5-3-4-6-10(11)9-12/h10-11H,2-9,12H2,1H3. The fourth-order valence-corrected chi connectivity index (χ4v) is 4.13. The van der Waals surface area contributed by atoms with Crippen molar-refractivity contribution in [1.29, 1.82) is 0 Å². The first-order valence-electron chi connectivity index (χ1n) is 5.86. The summed E-state index contributed by atoms with van der Waals surface area (Å²) in [4.78, 5) is 0. The maximum Gasteiger partial charge on any atom is 0.0388 e. The van der Waals surface area contributed by atoms with E-state index in [9.17, 15) is 4.21 Å². The van der Waals surface area contributed by atoms with Gasteiger partial charge in [-0.05, 0) is 31.7 Å². The van der Waals surface area contributed by atoms with Crippen molar-refractivity contribution in [2.75, 3.05) is 12.3 Å².